The van der Waals surface area contributed by atoms with E-state index < -0.39 is 0 Å². The molecule has 0 radical (unpaired) electrons. The van der Waals surface area contributed by atoms with Crippen LogP contribution in [0, 0.1) is 0 Å². The van der Waals surface area contributed by atoms with Gasteiger partial charge in [0.25, 0.3) is 0 Å². The topological polar surface area (TPSA) is 42.1 Å². The summed E-state index contributed by atoms with van der Waals surface area (Å²) in [5.41, 5.74) is 1.02. The molecule has 0 fully saturated rings. The van der Waals surface area contributed by atoms with Crippen LogP contribution in [-0.2, 0) is 4.79 Å². The lowest BCUT2D eigenvalue weighted by Gasteiger charge is -2.02. The number of aromatic nitrogens is 1. The van der Waals surface area contributed by atoms with Crippen molar-refractivity contribution in [2.75, 3.05) is 6.61 Å². The average Bonchev–Trinajstić information content (AvgIpc) is 2.62. The van der Waals surface area contributed by atoms with Crippen molar-refractivity contribution in [3.8, 4) is 5.75 Å². The van der Waals surface area contributed by atoms with E-state index in [0.717, 1.165) is 22.9 Å². The Morgan fingerprint density at radius 1 is 1.38 bits per heavy atom. The van der Waals surface area contributed by atoms with E-state index >= 15 is 0 Å². The zero-order valence-electron chi connectivity index (χ0n) is 6.99. The number of hydrogen-bond acceptors (Lipinski definition) is 2. The molecular weight excluding hydrogens is 166 g/mol. The van der Waals surface area contributed by atoms with Crippen molar-refractivity contribution in [3.63, 3.8) is 0 Å². The summed E-state index contributed by atoms with van der Waals surface area (Å²) >= 11 is 0. The molecule has 0 saturated carbocycles. The number of fused-ring (bicyclic) bond motifs is 1. The maximum Gasteiger partial charge on any atom is 0.157 e. The van der Waals surface area contributed by atoms with Crippen molar-refractivity contribution in [1.29, 1.82) is 0 Å². The van der Waals surface area contributed by atoms with Gasteiger partial charge in [-0.25, -0.2) is 0 Å². The summed E-state index contributed by atoms with van der Waals surface area (Å²) in [4.78, 5) is 13.2. The SMILES string of the molecule is O=CCOc1cccc2[nH]ccc12. The van der Waals surface area contributed by atoms with E-state index in [1.807, 2.05) is 30.5 Å². The van der Waals surface area contributed by atoms with Gasteiger partial charge in [0, 0.05) is 17.1 Å². The van der Waals surface area contributed by atoms with E-state index in [1.54, 1.807) is 0 Å². The minimum atomic E-state index is 0.101. The number of carbonyl (C=O) groups excluding carboxylic acids is 1. The Morgan fingerprint density at radius 3 is 3.15 bits per heavy atom. The predicted octanol–water partition coefficient (Wildman–Crippen LogP) is 1.75. The molecule has 1 N–H and O–H groups in total. The van der Waals surface area contributed by atoms with E-state index in [2.05, 4.69) is 4.98 Å². The fraction of sp³-hybridized carbons (Fsp3) is 0.100. The van der Waals surface area contributed by atoms with Crippen LogP contribution in [0.25, 0.3) is 10.9 Å². The van der Waals surface area contributed by atoms with Gasteiger partial charge in [0.1, 0.15) is 12.4 Å². The van der Waals surface area contributed by atoms with E-state index in [0.29, 0.717) is 0 Å². The summed E-state index contributed by atoms with van der Waals surface area (Å²) in [6.07, 6.45) is 2.59. The second kappa shape index (κ2) is 3.31. The Morgan fingerprint density at radius 2 is 2.31 bits per heavy atom. The molecule has 0 aliphatic heterocycles. The fourth-order valence-electron chi connectivity index (χ4n) is 1.31. The number of benzene rings is 1. The van der Waals surface area contributed by atoms with Crippen LogP contribution >= 0.6 is 0 Å². The molecule has 2 rings (SSSR count). The lowest BCUT2D eigenvalue weighted by molar-refractivity contribution is -0.109. The molecule has 0 spiro atoms. The van der Waals surface area contributed by atoms with Crippen LogP contribution in [0.15, 0.2) is 30.5 Å². The summed E-state index contributed by atoms with van der Waals surface area (Å²) in [7, 11) is 0. The number of hydrogen-bond donors (Lipinski definition) is 1. The number of rotatable bonds is 3. The first-order chi connectivity index (χ1) is 6.42. The van der Waals surface area contributed by atoms with Gasteiger partial charge in [0.2, 0.25) is 0 Å². The van der Waals surface area contributed by atoms with Crippen LogP contribution in [0.5, 0.6) is 5.75 Å². The molecule has 3 heteroatoms. The summed E-state index contributed by atoms with van der Waals surface area (Å²) in [5.74, 6) is 0.742. The summed E-state index contributed by atoms with van der Waals surface area (Å²) in [5, 5.41) is 1.00. The molecule has 3 nitrogen and oxygen atoms in total. The van der Waals surface area contributed by atoms with Gasteiger partial charge in [-0.3, -0.25) is 4.79 Å². The number of carbonyl (C=O) groups is 1. The number of aldehydes is 1. The van der Waals surface area contributed by atoms with Crippen LogP contribution in [0.1, 0.15) is 0 Å². The second-order valence-corrected chi connectivity index (χ2v) is 2.67. The van der Waals surface area contributed by atoms with Gasteiger partial charge in [-0.15, -0.1) is 0 Å². The monoisotopic (exact) mass is 175 g/mol. The van der Waals surface area contributed by atoms with Gasteiger partial charge in [-0.2, -0.15) is 0 Å². The van der Waals surface area contributed by atoms with Gasteiger partial charge in [0.15, 0.2) is 6.29 Å². The third-order valence-electron chi connectivity index (χ3n) is 1.86. The summed E-state index contributed by atoms with van der Waals surface area (Å²) in [6, 6.07) is 7.62. The van der Waals surface area contributed by atoms with E-state index in [9.17, 15) is 4.79 Å². The molecule has 0 aliphatic rings. The van der Waals surface area contributed by atoms with Crippen molar-refractivity contribution in [2.24, 2.45) is 0 Å². The maximum atomic E-state index is 10.1. The lowest BCUT2D eigenvalue weighted by atomic mass is 10.2. The molecule has 1 aromatic carbocycles. The fourth-order valence-corrected chi connectivity index (χ4v) is 1.31. The van der Waals surface area contributed by atoms with Crippen LogP contribution in [0.2, 0.25) is 0 Å². The van der Waals surface area contributed by atoms with Gasteiger partial charge in [0.05, 0.1) is 0 Å². The molecule has 0 bridgehead atoms. The van der Waals surface area contributed by atoms with Gasteiger partial charge < -0.3 is 9.72 Å². The molecule has 13 heavy (non-hydrogen) atoms. The number of aromatic amines is 1. The third kappa shape index (κ3) is 1.40. The highest BCUT2D eigenvalue weighted by molar-refractivity contribution is 5.85. The number of ether oxygens (including phenoxy) is 1. The van der Waals surface area contributed by atoms with Crippen LogP contribution in [-0.4, -0.2) is 17.9 Å². The summed E-state index contributed by atoms with van der Waals surface area (Å²) in [6.45, 7) is 0.101. The van der Waals surface area contributed by atoms with Gasteiger partial charge in [-0.05, 0) is 18.2 Å². The lowest BCUT2D eigenvalue weighted by Crippen LogP contribution is -1.97. The zero-order valence-corrected chi connectivity index (χ0v) is 6.99. The normalized spacial score (nSPS) is 10.2. The van der Waals surface area contributed by atoms with Crippen molar-refractivity contribution in [3.05, 3.63) is 30.5 Å². The summed E-state index contributed by atoms with van der Waals surface area (Å²) < 4.78 is 5.24. The van der Waals surface area contributed by atoms with Gasteiger partial charge >= 0.3 is 0 Å². The molecule has 0 unspecified atom stereocenters. The molecule has 0 saturated heterocycles. The zero-order chi connectivity index (χ0) is 9.10. The molecule has 1 aromatic heterocycles. The Kier molecular flexibility index (Phi) is 2.00. The number of nitrogens with one attached hydrogen (secondary N) is 1. The van der Waals surface area contributed by atoms with E-state index in [4.69, 9.17) is 4.74 Å². The van der Waals surface area contributed by atoms with Crippen molar-refractivity contribution >= 4 is 17.2 Å². The number of H-pyrrole nitrogens is 1. The first-order valence-corrected chi connectivity index (χ1v) is 4.04. The van der Waals surface area contributed by atoms with E-state index in [1.165, 1.54) is 0 Å². The second-order valence-electron chi connectivity index (χ2n) is 2.67. The highest BCUT2D eigenvalue weighted by Crippen LogP contribution is 2.23. The molecular formula is C10H9NO2. The first-order valence-electron chi connectivity index (χ1n) is 4.04. The Balaban J connectivity index is 2.42. The van der Waals surface area contributed by atoms with Gasteiger partial charge in [-0.1, -0.05) is 6.07 Å². The quantitative estimate of drug-likeness (QED) is 0.722. The molecule has 66 valence electrons. The first kappa shape index (κ1) is 7.86. The predicted molar refractivity (Wildman–Crippen MR) is 49.9 cm³/mol. The molecule has 2 aromatic rings. The van der Waals surface area contributed by atoms with Crippen LogP contribution < -0.4 is 4.74 Å². The van der Waals surface area contributed by atoms with Crippen LogP contribution in [0.4, 0.5) is 0 Å². The van der Waals surface area contributed by atoms with E-state index in [-0.39, 0.29) is 6.61 Å². The molecule has 0 aliphatic carbocycles. The molecule has 1 heterocycles. The third-order valence-corrected chi connectivity index (χ3v) is 1.86. The van der Waals surface area contributed by atoms with Crippen molar-refractivity contribution in [1.82, 2.24) is 4.98 Å². The Labute approximate surface area is 75.3 Å². The maximum absolute atomic E-state index is 10.1. The highest BCUT2D eigenvalue weighted by Gasteiger charge is 2.00. The van der Waals surface area contributed by atoms with Crippen molar-refractivity contribution < 1.29 is 9.53 Å². The minimum Gasteiger partial charge on any atom is -0.485 e. The largest absolute Gasteiger partial charge is 0.485 e. The standard InChI is InChI=1S/C10H9NO2/c12-6-7-13-10-3-1-2-9-8(10)4-5-11-9/h1-6,11H,7H2. The van der Waals surface area contributed by atoms with Crippen LogP contribution in [0.3, 0.4) is 0 Å². The Hall–Kier alpha value is -1.77. The highest BCUT2D eigenvalue weighted by atomic mass is 16.5. The smallest absolute Gasteiger partial charge is 0.157 e. The van der Waals surface area contributed by atoms with Crippen molar-refractivity contribution in [2.45, 2.75) is 0 Å². The minimum absolute atomic E-state index is 0.101. The molecule has 0 amide bonds. The Bertz CT molecular complexity index is 420. The average molecular weight is 175 g/mol. The molecule has 0 atom stereocenters.